The predicted octanol–water partition coefficient (Wildman–Crippen LogP) is 3.46. The number of aryl methyl sites for hydroxylation is 1. The molecule has 172 valence electrons. The molecule has 4 heterocycles. The van der Waals surface area contributed by atoms with Gasteiger partial charge in [0.2, 0.25) is 5.88 Å². The SMILES string of the molecule is Cc1cnc(C(=O)N2C(C)C3C[C@@H](Oc4ccc(C(F)(F)F)cn4)[C@@H]2C3)c(-n2nccn2)c1. The molecule has 11 heteroatoms. The number of amides is 1. The van der Waals surface area contributed by atoms with Gasteiger partial charge in [-0.2, -0.15) is 23.4 Å². The number of hydrogen-bond donors (Lipinski definition) is 0. The number of hydrogen-bond acceptors (Lipinski definition) is 6. The molecular formula is C22H21F3N6O2. The predicted molar refractivity (Wildman–Crippen MR) is 110 cm³/mol. The second kappa shape index (κ2) is 7.82. The van der Waals surface area contributed by atoms with E-state index in [1.807, 2.05) is 13.8 Å². The van der Waals surface area contributed by atoms with Crippen LogP contribution >= 0.6 is 0 Å². The number of carbonyl (C=O) groups is 1. The van der Waals surface area contributed by atoms with E-state index in [1.165, 1.54) is 23.3 Å². The normalized spacial score (nSPS) is 24.3. The molecule has 1 amide bonds. The Morgan fingerprint density at radius 3 is 2.52 bits per heavy atom. The Morgan fingerprint density at radius 1 is 1.12 bits per heavy atom. The van der Waals surface area contributed by atoms with Crippen molar-refractivity contribution >= 4 is 5.91 Å². The van der Waals surface area contributed by atoms with Crippen molar-refractivity contribution in [3.63, 3.8) is 0 Å². The number of piperidine rings is 1. The Kier molecular flexibility index (Phi) is 5.06. The van der Waals surface area contributed by atoms with E-state index >= 15 is 0 Å². The van der Waals surface area contributed by atoms with Gasteiger partial charge in [-0.15, -0.1) is 4.80 Å². The van der Waals surface area contributed by atoms with Crippen molar-refractivity contribution in [2.75, 3.05) is 0 Å². The van der Waals surface area contributed by atoms with Crippen LogP contribution in [0.1, 0.15) is 41.4 Å². The van der Waals surface area contributed by atoms with Gasteiger partial charge in [-0.3, -0.25) is 4.79 Å². The summed E-state index contributed by atoms with van der Waals surface area (Å²) in [6.45, 7) is 3.87. The van der Waals surface area contributed by atoms with E-state index < -0.39 is 11.7 Å². The van der Waals surface area contributed by atoms with Gasteiger partial charge in [-0.25, -0.2) is 9.97 Å². The molecule has 0 radical (unpaired) electrons. The van der Waals surface area contributed by atoms with Crippen molar-refractivity contribution < 1.29 is 22.7 Å². The molecule has 2 aliphatic rings. The number of fused-ring (bicyclic) bond motifs is 2. The number of alkyl halides is 3. The van der Waals surface area contributed by atoms with Gasteiger partial charge in [-0.05, 0) is 50.3 Å². The Hall–Kier alpha value is -3.50. The summed E-state index contributed by atoms with van der Waals surface area (Å²) in [6, 6.07) is 3.71. The average Bonchev–Trinajstić information content (AvgIpc) is 3.50. The van der Waals surface area contributed by atoms with Gasteiger partial charge in [0.15, 0.2) is 5.69 Å². The van der Waals surface area contributed by atoms with E-state index in [9.17, 15) is 18.0 Å². The molecule has 5 rings (SSSR count). The molecule has 0 N–H and O–H groups in total. The Balaban J connectivity index is 1.39. The number of halogens is 3. The molecule has 2 fully saturated rings. The van der Waals surface area contributed by atoms with Crippen LogP contribution in [0, 0.1) is 12.8 Å². The van der Waals surface area contributed by atoms with Crippen molar-refractivity contribution in [3.05, 3.63) is 59.8 Å². The highest BCUT2D eigenvalue weighted by Gasteiger charge is 2.53. The first-order chi connectivity index (χ1) is 15.7. The van der Waals surface area contributed by atoms with Gasteiger partial charge in [-0.1, -0.05) is 0 Å². The Morgan fingerprint density at radius 2 is 1.88 bits per heavy atom. The van der Waals surface area contributed by atoms with Gasteiger partial charge in [0, 0.05) is 24.5 Å². The first-order valence-corrected chi connectivity index (χ1v) is 10.6. The molecule has 0 spiro atoms. The molecule has 2 unspecified atom stereocenters. The maximum absolute atomic E-state index is 13.6. The lowest BCUT2D eigenvalue weighted by Gasteiger charge is -2.37. The summed E-state index contributed by atoms with van der Waals surface area (Å²) in [7, 11) is 0. The Labute approximate surface area is 187 Å². The number of ether oxygens (including phenoxy) is 1. The summed E-state index contributed by atoms with van der Waals surface area (Å²) in [5.74, 6) is 0.0709. The van der Waals surface area contributed by atoms with E-state index in [4.69, 9.17) is 4.74 Å². The standard InChI is InChI=1S/C22H21F3N6O2/c1-12-7-17(31-28-5-6-29-31)20(27-10-12)21(32)30-13(2)14-8-16(30)18(9-14)33-19-4-3-15(11-26-19)22(23,24)25/h3-7,10-11,13-14,16,18H,8-9H2,1-2H3/t13?,14?,16-,18+/m0/s1. The van der Waals surface area contributed by atoms with Crippen LogP contribution in [-0.4, -0.2) is 54.0 Å². The van der Waals surface area contributed by atoms with Gasteiger partial charge in [0.1, 0.15) is 11.8 Å². The lowest BCUT2D eigenvalue weighted by molar-refractivity contribution is -0.137. The van der Waals surface area contributed by atoms with Crippen molar-refractivity contribution in [1.29, 1.82) is 0 Å². The lowest BCUT2D eigenvalue weighted by atomic mass is 9.98. The van der Waals surface area contributed by atoms with Crippen LogP contribution in [0.25, 0.3) is 5.69 Å². The topological polar surface area (TPSA) is 86.0 Å². The number of pyridine rings is 2. The zero-order chi connectivity index (χ0) is 23.3. The van der Waals surface area contributed by atoms with Crippen molar-refractivity contribution in [2.45, 2.75) is 51.1 Å². The minimum Gasteiger partial charge on any atom is -0.472 e. The minimum atomic E-state index is -4.46. The summed E-state index contributed by atoms with van der Waals surface area (Å²) in [6.07, 6.45) is 2.06. The van der Waals surface area contributed by atoms with Crippen LogP contribution in [0.15, 0.2) is 43.0 Å². The molecule has 1 saturated carbocycles. The number of nitrogens with zero attached hydrogens (tertiary/aromatic N) is 6. The minimum absolute atomic E-state index is 0.0237. The van der Waals surface area contributed by atoms with Crippen molar-refractivity contribution in [2.24, 2.45) is 5.92 Å². The quantitative estimate of drug-likeness (QED) is 0.595. The summed E-state index contributed by atoms with van der Waals surface area (Å²) in [5, 5.41) is 8.28. The van der Waals surface area contributed by atoms with E-state index in [0.717, 1.165) is 24.2 Å². The number of carbonyl (C=O) groups excluding carboxylic acids is 1. The monoisotopic (exact) mass is 458 g/mol. The molecule has 1 aliphatic carbocycles. The molecule has 8 nitrogen and oxygen atoms in total. The average molecular weight is 458 g/mol. The van der Waals surface area contributed by atoms with Gasteiger partial charge >= 0.3 is 6.18 Å². The van der Waals surface area contributed by atoms with Crippen molar-refractivity contribution in [1.82, 2.24) is 29.9 Å². The second-order valence-electron chi connectivity index (χ2n) is 8.49. The third kappa shape index (κ3) is 3.81. The van der Waals surface area contributed by atoms with Crippen LogP contribution in [0.4, 0.5) is 13.2 Å². The molecule has 2 bridgehead atoms. The third-order valence-electron chi connectivity index (χ3n) is 6.40. The first-order valence-electron chi connectivity index (χ1n) is 10.6. The molecule has 3 aromatic rings. The fourth-order valence-electron chi connectivity index (χ4n) is 4.80. The molecule has 33 heavy (non-hydrogen) atoms. The van der Waals surface area contributed by atoms with Crippen molar-refractivity contribution in [3.8, 4) is 11.6 Å². The maximum atomic E-state index is 13.6. The van der Waals surface area contributed by atoms with Gasteiger partial charge < -0.3 is 9.64 Å². The number of aromatic nitrogens is 5. The highest BCUT2D eigenvalue weighted by atomic mass is 19.4. The Bertz CT molecular complexity index is 1170. The summed E-state index contributed by atoms with van der Waals surface area (Å²) in [4.78, 5) is 25.0. The zero-order valence-electron chi connectivity index (χ0n) is 17.9. The first kappa shape index (κ1) is 21.4. The second-order valence-corrected chi connectivity index (χ2v) is 8.49. The lowest BCUT2D eigenvalue weighted by Crippen LogP contribution is -2.51. The summed E-state index contributed by atoms with van der Waals surface area (Å²) in [5.41, 5.74) is 0.757. The highest BCUT2D eigenvalue weighted by molar-refractivity contribution is 5.96. The van der Waals surface area contributed by atoms with Crippen LogP contribution in [-0.2, 0) is 6.18 Å². The number of likely N-dealkylation sites (tertiary alicyclic amines) is 1. The molecule has 1 aliphatic heterocycles. The van der Waals surface area contributed by atoms with E-state index in [-0.39, 0.29) is 41.6 Å². The van der Waals surface area contributed by atoms with Crippen LogP contribution in [0.5, 0.6) is 5.88 Å². The third-order valence-corrected chi connectivity index (χ3v) is 6.40. The summed E-state index contributed by atoms with van der Waals surface area (Å²) < 4.78 is 44.4. The molecule has 1 saturated heterocycles. The largest absolute Gasteiger partial charge is 0.472 e. The molecule has 0 aromatic carbocycles. The van der Waals surface area contributed by atoms with E-state index in [2.05, 4.69) is 20.2 Å². The molecule has 3 aromatic heterocycles. The van der Waals surface area contributed by atoms with Crippen LogP contribution in [0.3, 0.4) is 0 Å². The molecule has 4 atom stereocenters. The molecular weight excluding hydrogens is 437 g/mol. The fourth-order valence-corrected chi connectivity index (χ4v) is 4.80. The maximum Gasteiger partial charge on any atom is 0.417 e. The fraction of sp³-hybridized carbons (Fsp3) is 0.409. The van der Waals surface area contributed by atoms with E-state index in [0.29, 0.717) is 12.1 Å². The highest BCUT2D eigenvalue weighted by Crippen LogP contribution is 2.44. The smallest absolute Gasteiger partial charge is 0.417 e. The number of rotatable bonds is 4. The van der Waals surface area contributed by atoms with Gasteiger partial charge in [0.25, 0.3) is 5.91 Å². The zero-order valence-corrected chi connectivity index (χ0v) is 17.9. The summed E-state index contributed by atoms with van der Waals surface area (Å²) >= 11 is 0. The van der Waals surface area contributed by atoms with Crippen LogP contribution in [0.2, 0.25) is 0 Å². The van der Waals surface area contributed by atoms with Gasteiger partial charge in [0.05, 0.1) is 24.0 Å². The van der Waals surface area contributed by atoms with E-state index in [1.54, 1.807) is 17.2 Å². The van der Waals surface area contributed by atoms with Crippen LogP contribution < -0.4 is 4.74 Å².